The van der Waals surface area contributed by atoms with Crippen molar-refractivity contribution in [1.82, 2.24) is 19.4 Å². The predicted octanol–water partition coefficient (Wildman–Crippen LogP) is 2.61. The maximum Gasteiger partial charge on any atom is 0.332 e. The van der Waals surface area contributed by atoms with Crippen LogP contribution in [0.1, 0.15) is 22.5 Å². The zero-order valence-corrected chi connectivity index (χ0v) is 20.0. The molecule has 36 heavy (non-hydrogen) atoms. The van der Waals surface area contributed by atoms with E-state index in [0.29, 0.717) is 41.8 Å². The molecule has 3 aliphatic heterocycles. The summed E-state index contributed by atoms with van der Waals surface area (Å²) in [5.41, 5.74) is 3.71. The fourth-order valence-corrected chi connectivity index (χ4v) is 4.44. The Kier molecular flexibility index (Phi) is 5.06. The molecule has 11 nitrogen and oxygen atoms in total. The molecule has 11 heteroatoms. The third kappa shape index (κ3) is 3.60. The molecule has 0 radical (unpaired) electrons. The lowest BCUT2D eigenvalue weighted by Crippen LogP contribution is -2.27. The quantitative estimate of drug-likeness (QED) is 0.507. The maximum atomic E-state index is 12.6. The van der Waals surface area contributed by atoms with Gasteiger partial charge >= 0.3 is 6.03 Å². The summed E-state index contributed by atoms with van der Waals surface area (Å²) in [5, 5.41) is 0. The minimum Gasteiger partial charge on any atom is -0.454 e. The van der Waals surface area contributed by atoms with E-state index < -0.39 is 11.9 Å². The number of likely N-dealkylation sites (N-methyl/N-ethyl adjacent to an activating group) is 2. The molecule has 1 fully saturated rings. The number of carbonyl (C=O) groups is 2. The van der Waals surface area contributed by atoms with Crippen LogP contribution in [0.25, 0.3) is 0 Å². The zero-order chi connectivity index (χ0) is 25.0. The van der Waals surface area contributed by atoms with Crippen molar-refractivity contribution >= 4 is 23.7 Å². The second kappa shape index (κ2) is 8.29. The molecular formula is C25H23N5O6. The second-order valence-corrected chi connectivity index (χ2v) is 8.73. The Balaban J connectivity index is 1.39. The topological polar surface area (TPSA) is 108 Å². The van der Waals surface area contributed by atoms with E-state index in [1.54, 1.807) is 0 Å². The molecule has 184 valence electrons. The number of ether oxygens (including phenoxy) is 4. The fourth-order valence-electron chi connectivity index (χ4n) is 4.44. The van der Waals surface area contributed by atoms with Crippen LogP contribution >= 0.6 is 0 Å². The van der Waals surface area contributed by atoms with E-state index in [2.05, 4.69) is 4.99 Å². The molecule has 4 heterocycles. The van der Waals surface area contributed by atoms with Crippen LogP contribution in [-0.2, 0) is 24.7 Å². The predicted molar refractivity (Wildman–Crippen MR) is 127 cm³/mol. The lowest BCUT2D eigenvalue weighted by atomic mass is 10.0. The zero-order valence-electron chi connectivity index (χ0n) is 20.0. The first kappa shape index (κ1) is 22.0. The van der Waals surface area contributed by atoms with Crippen LogP contribution in [0.3, 0.4) is 0 Å². The Morgan fingerprint density at radius 3 is 1.97 bits per heavy atom. The van der Waals surface area contributed by atoms with E-state index in [1.807, 2.05) is 48.0 Å². The van der Waals surface area contributed by atoms with Gasteiger partial charge in [-0.05, 0) is 35.4 Å². The Morgan fingerprint density at radius 1 is 0.806 bits per heavy atom. The summed E-state index contributed by atoms with van der Waals surface area (Å²) >= 11 is 0. The Morgan fingerprint density at radius 2 is 1.39 bits per heavy atom. The highest BCUT2D eigenvalue weighted by molar-refractivity contribution is 6.47. The number of imidazole rings is 1. The van der Waals surface area contributed by atoms with Crippen molar-refractivity contribution in [3.8, 4) is 23.0 Å². The number of amides is 3. The number of aliphatic imine (C=N–C) groups is 1. The highest BCUT2D eigenvalue weighted by atomic mass is 16.7. The molecule has 3 amide bonds. The molecule has 3 aliphatic rings. The van der Waals surface area contributed by atoms with E-state index in [9.17, 15) is 9.59 Å². The largest absolute Gasteiger partial charge is 0.454 e. The summed E-state index contributed by atoms with van der Waals surface area (Å²) in [6.07, 6.45) is 1.06. The molecule has 0 spiro atoms. The van der Waals surface area contributed by atoms with Gasteiger partial charge in [-0.1, -0.05) is 12.1 Å². The second-order valence-electron chi connectivity index (χ2n) is 8.73. The first-order valence-corrected chi connectivity index (χ1v) is 11.3. The number of rotatable bonds is 5. The van der Waals surface area contributed by atoms with Crippen LogP contribution in [-0.4, -0.2) is 64.8 Å². The number of carbonyl (C=O) groups excluding carboxylic acids is 2. The normalized spacial score (nSPS) is 17.1. The maximum absolute atomic E-state index is 12.6. The monoisotopic (exact) mass is 489 g/mol. The van der Waals surface area contributed by atoms with Gasteiger partial charge in [0, 0.05) is 39.7 Å². The third-order valence-electron chi connectivity index (χ3n) is 6.48. The van der Waals surface area contributed by atoms with Crippen molar-refractivity contribution < 1.29 is 28.5 Å². The Labute approximate surface area is 206 Å². The van der Waals surface area contributed by atoms with E-state index in [4.69, 9.17) is 23.9 Å². The molecule has 0 N–H and O–H groups in total. The summed E-state index contributed by atoms with van der Waals surface area (Å²) in [5.74, 6) is 2.71. The molecule has 6 rings (SSSR count). The van der Waals surface area contributed by atoms with Crippen molar-refractivity contribution in [3.05, 3.63) is 58.9 Å². The minimum atomic E-state index is -0.472. The number of amidine groups is 1. The van der Waals surface area contributed by atoms with E-state index in [1.165, 1.54) is 19.0 Å². The first-order valence-electron chi connectivity index (χ1n) is 11.3. The van der Waals surface area contributed by atoms with E-state index in [0.717, 1.165) is 27.4 Å². The molecule has 1 saturated heterocycles. The number of fused-ring (bicyclic) bond motifs is 2. The van der Waals surface area contributed by atoms with Gasteiger partial charge in [0.15, 0.2) is 23.0 Å². The van der Waals surface area contributed by atoms with Crippen LogP contribution in [0, 0.1) is 0 Å². The van der Waals surface area contributed by atoms with Crippen LogP contribution in [0.4, 0.5) is 10.7 Å². The summed E-state index contributed by atoms with van der Waals surface area (Å²) in [6.45, 7) is 0.407. The average Bonchev–Trinajstić information content (AvgIpc) is 3.63. The SMILES string of the molecule is CN1C(=O)C(=Nc2nc(Cc3ccc4c(c3)OCO4)c(Cc3ccc4c(c3)OCO4)n2C)N(C)C1=O. The summed E-state index contributed by atoms with van der Waals surface area (Å²) in [6, 6.07) is 11.2. The number of urea groups is 1. The van der Waals surface area contributed by atoms with Crippen LogP contribution in [0.5, 0.6) is 23.0 Å². The molecule has 0 bridgehead atoms. The number of nitrogens with zero attached hydrogens (tertiary/aromatic N) is 5. The fraction of sp³-hybridized carbons (Fsp3) is 0.280. The Bertz CT molecular complexity index is 1440. The van der Waals surface area contributed by atoms with Gasteiger partial charge in [-0.2, -0.15) is 4.99 Å². The van der Waals surface area contributed by atoms with Gasteiger partial charge in [0.25, 0.3) is 5.91 Å². The van der Waals surface area contributed by atoms with Gasteiger partial charge < -0.3 is 23.5 Å². The molecule has 2 aromatic carbocycles. The summed E-state index contributed by atoms with van der Waals surface area (Å²) in [7, 11) is 4.80. The lowest BCUT2D eigenvalue weighted by Gasteiger charge is -2.09. The first-order chi connectivity index (χ1) is 17.4. The minimum absolute atomic E-state index is 0.0276. The lowest BCUT2D eigenvalue weighted by molar-refractivity contribution is -0.119. The standard InChI is InChI=1S/C25H23N5O6/c1-28-17(9-15-5-7-19-21(11-15)36-13-34-19)16(8-14-4-6-18-20(10-14)35-12-33-18)26-24(28)27-22-23(31)30(3)25(32)29(22)2/h4-7,10-11H,8-9,12-13H2,1-3H3. The van der Waals surface area contributed by atoms with Gasteiger partial charge in [0.05, 0.1) is 5.69 Å². The van der Waals surface area contributed by atoms with Crippen molar-refractivity contribution in [3.63, 3.8) is 0 Å². The average molecular weight is 489 g/mol. The van der Waals surface area contributed by atoms with Gasteiger partial charge in [-0.15, -0.1) is 0 Å². The van der Waals surface area contributed by atoms with Gasteiger partial charge in [-0.25, -0.2) is 9.78 Å². The molecular weight excluding hydrogens is 466 g/mol. The van der Waals surface area contributed by atoms with Gasteiger partial charge in [-0.3, -0.25) is 14.6 Å². The van der Waals surface area contributed by atoms with E-state index >= 15 is 0 Å². The summed E-state index contributed by atoms with van der Waals surface area (Å²) < 4.78 is 23.8. The number of aromatic nitrogens is 2. The van der Waals surface area contributed by atoms with Crippen LogP contribution in [0.15, 0.2) is 41.4 Å². The van der Waals surface area contributed by atoms with Crippen molar-refractivity contribution in [2.45, 2.75) is 12.8 Å². The van der Waals surface area contributed by atoms with Crippen molar-refractivity contribution in [2.75, 3.05) is 27.7 Å². The van der Waals surface area contributed by atoms with Crippen molar-refractivity contribution in [1.29, 1.82) is 0 Å². The highest BCUT2D eigenvalue weighted by Crippen LogP contribution is 2.35. The number of benzene rings is 2. The highest BCUT2D eigenvalue weighted by Gasteiger charge is 2.38. The van der Waals surface area contributed by atoms with Gasteiger partial charge in [0.2, 0.25) is 25.4 Å². The number of hydrogen-bond donors (Lipinski definition) is 0. The van der Waals surface area contributed by atoms with Crippen LogP contribution < -0.4 is 18.9 Å². The molecule has 1 aromatic heterocycles. The number of imide groups is 1. The number of hydrogen-bond acceptors (Lipinski definition) is 8. The Hall–Kier alpha value is -4.54. The molecule has 0 aliphatic carbocycles. The van der Waals surface area contributed by atoms with Gasteiger partial charge in [0.1, 0.15) is 0 Å². The molecule has 3 aromatic rings. The van der Waals surface area contributed by atoms with E-state index in [-0.39, 0.29) is 19.4 Å². The molecule has 0 atom stereocenters. The van der Waals surface area contributed by atoms with Crippen LogP contribution in [0.2, 0.25) is 0 Å². The smallest absolute Gasteiger partial charge is 0.332 e. The third-order valence-corrected chi connectivity index (χ3v) is 6.48. The summed E-state index contributed by atoms with van der Waals surface area (Å²) in [4.78, 5) is 36.3. The molecule has 0 saturated carbocycles. The molecule has 0 unspecified atom stereocenters. The van der Waals surface area contributed by atoms with Crippen molar-refractivity contribution in [2.24, 2.45) is 12.0 Å².